The molecule has 3 rings (SSSR count). The van der Waals surface area contributed by atoms with Gasteiger partial charge < -0.3 is 4.74 Å². The molecule has 148 valence electrons. The molecule has 0 saturated heterocycles. The summed E-state index contributed by atoms with van der Waals surface area (Å²) < 4.78 is 5.81. The second-order valence-corrected chi connectivity index (χ2v) is 7.69. The summed E-state index contributed by atoms with van der Waals surface area (Å²) in [4.78, 5) is 12.6. The van der Waals surface area contributed by atoms with Crippen LogP contribution in [0, 0.1) is 13.8 Å². The van der Waals surface area contributed by atoms with E-state index in [4.69, 9.17) is 16.3 Å². The molecule has 29 heavy (non-hydrogen) atoms. The Kier molecular flexibility index (Phi) is 7.26. The highest BCUT2D eigenvalue weighted by molar-refractivity contribution is 6.30. The molecule has 0 aliphatic carbocycles. The van der Waals surface area contributed by atoms with Gasteiger partial charge in [-0.15, -0.1) is 0 Å². The lowest BCUT2D eigenvalue weighted by Crippen LogP contribution is -2.17. The first-order chi connectivity index (χ1) is 14.0. The Morgan fingerprint density at radius 2 is 1.69 bits per heavy atom. The van der Waals surface area contributed by atoms with E-state index in [-0.39, 0.29) is 12.1 Å². The van der Waals surface area contributed by atoms with Gasteiger partial charge >= 0.3 is 5.97 Å². The van der Waals surface area contributed by atoms with Gasteiger partial charge in [-0.25, -0.2) is 4.79 Å². The van der Waals surface area contributed by atoms with Gasteiger partial charge in [0.15, 0.2) is 0 Å². The summed E-state index contributed by atoms with van der Waals surface area (Å²) in [7, 11) is 0. The number of aryl methyl sites for hydroxylation is 3. The average Bonchev–Trinajstić information content (AvgIpc) is 2.70. The molecule has 1 atom stereocenters. The molecule has 3 heteroatoms. The van der Waals surface area contributed by atoms with Crippen molar-refractivity contribution in [2.24, 2.45) is 0 Å². The molecule has 0 unspecified atom stereocenters. The van der Waals surface area contributed by atoms with Crippen LogP contribution < -0.4 is 0 Å². The Hall–Kier alpha value is -2.84. The van der Waals surface area contributed by atoms with Gasteiger partial charge in [0.2, 0.25) is 0 Å². The normalized spacial score (nSPS) is 12.1. The number of hydrogen-bond acceptors (Lipinski definition) is 2. The van der Waals surface area contributed by atoms with Gasteiger partial charge in [0.05, 0.1) is 5.56 Å². The molecular weight excluding hydrogens is 380 g/mol. The molecule has 3 aromatic rings. The number of benzene rings is 3. The van der Waals surface area contributed by atoms with E-state index >= 15 is 0 Å². The molecule has 0 radical (unpaired) electrons. The average molecular weight is 405 g/mol. The van der Waals surface area contributed by atoms with Crippen molar-refractivity contribution in [1.82, 2.24) is 0 Å². The molecule has 3 aromatic carbocycles. The van der Waals surface area contributed by atoms with Gasteiger partial charge in [0, 0.05) is 5.02 Å². The number of carbonyl (C=O) groups is 1. The molecule has 2 nitrogen and oxygen atoms in total. The smallest absolute Gasteiger partial charge is 0.338 e. The van der Waals surface area contributed by atoms with Crippen molar-refractivity contribution in [3.8, 4) is 0 Å². The maximum atomic E-state index is 12.6. The monoisotopic (exact) mass is 404 g/mol. The minimum Gasteiger partial charge on any atom is -0.455 e. The molecule has 0 fully saturated rings. The van der Waals surface area contributed by atoms with Crippen molar-refractivity contribution in [2.75, 3.05) is 0 Å². The van der Waals surface area contributed by atoms with E-state index in [9.17, 15) is 4.79 Å². The van der Waals surface area contributed by atoms with Crippen LogP contribution in [-0.4, -0.2) is 12.1 Å². The fraction of sp³-hybridized carbons (Fsp3) is 0.192. The van der Waals surface area contributed by atoms with Crippen LogP contribution in [0.25, 0.3) is 6.08 Å². The summed E-state index contributed by atoms with van der Waals surface area (Å²) >= 11 is 6.08. The van der Waals surface area contributed by atoms with Crippen LogP contribution in [0.4, 0.5) is 0 Å². The molecule has 0 spiro atoms. The van der Waals surface area contributed by atoms with Crippen molar-refractivity contribution >= 4 is 23.6 Å². The predicted molar refractivity (Wildman–Crippen MR) is 120 cm³/mol. The molecule has 0 aliphatic heterocycles. The summed E-state index contributed by atoms with van der Waals surface area (Å²) in [6.07, 6.45) is 5.10. The summed E-state index contributed by atoms with van der Waals surface area (Å²) in [6, 6.07) is 23.2. The molecule has 0 amide bonds. The minimum absolute atomic E-state index is 0.313. The molecule has 0 aromatic heterocycles. The van der Waals surface area contributed by atoms with Crippen LogP contribution in [0.15, 0.2) is 78.9 Å². The van der Waals surface area contributed by atoms with Crippen molar-refractivity contribution in [3.63, 3.8) is 0 Å². The van der Waals surface area contributed by atoms with Gasteiger partial charge in [-0.1, -0.05) is 77.3 Å². The van der Waals surface area contributed by atoms with Crippen LogP contribution in [0.1, 0.15) is 39.0 Å². The first-order valence-electron chi connectivity index (χ1n) is 9.76. The van der Waals surface area contributed by atoms with Crippen LogP contribution in [0.2, 0.25) is 5.02 Å². The zero-order valence-electron chi connectivity index (χ0n) is 16.8. The van der Waals surface area contributed by atoms with Gasteiger partial charge in [-0.3, -0.25) is 0 Å². The lowest BCUT2D eigenvalue weighted by Gasteiger charge is -2.15. The van der Waals surface area contributed by atoms with E-state index < -0.39 is 0 Å². The van der Waals surface area contributed by atoms with Crippen molar-refractivity contribution in [1.29, 1.82) is 0 Å². The lowest BCUT2D eigenvalue weighted by molar-refractivity contribution is 0.0382. The molecule has 0 N–H and O–H groups in total. The fourth-order valence-corrected chi connectivity index (χ4v) is 3.52. The number of hydrogen-bond donors (Lipinski definition) is 0. The number of carbonyl (C=O) groups excluding carboxylic acids is 1. The number of rotatable bonds is 7. The van der Waals surface area contributed by atoms with E-state index in [2.05, 4.69) is 32.0 Å². The van der Waals surface area contributed by atoms with E-state index in [1.165, 1.54) is 16.7 Å². The highest BCUT2D eigenvalue weighted by atomic mass is 35.5. The van der Waals surface area contributed by atoms with E-state index in [1.54, 1.807) is 12.1 Å². The maximum Gasteiger partial charge on any atom is 0.338 e. The van der Waals surface area contributed by atoms with Crippen LogP contribution in [-0.2, 0) is 11.2 Å². The van der Waals surface area contributed by atoms with Crippen LogP contribution in [0.5, 0.6) is 0 Å². The van der Waals surface area contributed by atoms with Crippen LogP contribution >= 0.6 is 11.6 Å². The van der Waals surface area contributed by atoms with Gasteiger partial charge in [-0.05, 0) is 68.2 Å². The number of ether oxygens (including phenoxy) is 1. The van der Waals surface area contributed by atoms with Crippen molar-refractivity contribution < 1.29 is 9.53 Å². The topological polar surface area (TPSA) is 26.3 Å². The molecular formula is C26H25ClO2. The lowest BCUT2D eigenvalue weighted by atomic mass is 10.0. The van der Waals surface area contributed by atoms with Crippen LogP contribution in [0.3, 0.4) is 0 Å². The van der Waals surface area contributed by atoms with Gasteiger partial charge in [0.1, 0.15) is 6.10 Å². The number of esters is 1. The number of halogens is 1. The minimum atomic E-state index is -0.331. The highest BCUT2D eigenvalue weighted by Crippen LogP contribution is 2.17. The first-order valence-corrected chi connectivity index (χ1v) is 10.1. The van der Waals surface area contributed by atoms with Gasteiger partial charge in [-0.2, -0.15) is 0 Å². The van der Waals surface area contributed by atoms with Crippen molar-refractivity contribution in [3.05, 3.63) is 112 Å². The second kappa shape index (κ2) is 10.1. The Labute approximate surface area is 177 Å². The first kappa shape index (κ1) is 20.9. The Bertz CT molecular complexity index is 972. The molecule has 0 heterocycles. The molecule has 0 bridgehead atoms. The Balaban J connectivity index is 1.75. The SMILES string of the molecule is Cc1cc(C)cc(CC[C@H](/C=C/c2cccc(Cl)c2)OC(=O)c2ccccc2)c1. The third kappa shape index (κ3) is 6.62. The summed E-state index contributed by atoms with van der Waals surface area (Å²) in [5, 5.41) is 0.681. The standard InChI is InChI=1S/C26H25ClO2/c1-19-15-20(2)17-22(16-19)12-14-25(13-11-21-7-6-10-24(27)18-21)29-26(28)23-8-4-3-5-9-23/h3-11,13,15-18,25H,12,14H2,1-2H3/b13-11+/t25-/m0/s1. The Morgan fingerprint density at radius 3 is 2.38 bits per heavy atom. The van der Waals surface area contributed by atoms with E-state index in [1.807, 2.05) is 54.6 Å². The third-order valence-electron chi connectivity index (χ3n) is 4.62. The summed E-state index contributed by atoms with van der Waals surface area (Å²) in [5.74, 6) is -0.313. The van der Waals surface area contributed by atoms with Gasteiger partial charge in [0.25, 0.3) is 0 Å². The zero-order chi connectivity index (χ0) is 20.6. The third-order valence-corrected chi connectivity index (χ3v) is 4.85. The van der Waals surface area contributed by atoms with E-state index in [0.717, 1.165) is 12.0 Å². The summed E-state index contributed by atoms with van der Waals surface area (Å²) in [6.45, 7) is 4.20. The fourth-order valence-electron chi connectivity index (χ4n) is 3.33. The largest absolute Gasteiger partial charge is 0.455 e. The predicted octanol–water partition coefficient (Wildman–Crippen LogP) is 6.83. The highest BCUT2D eigenvalue weighted by Gasteiger charge is 2.14. The maximum absolute atomic E-state index is 12.6. The van der Waals surface area contributed by atoms with Crippen molar-refractivity contribution in [2.45, 2.75) is 32.8 Å². The zero-order valence-corrected chi connectivity index (χ0v) is 17.5. The molecule has 0 aliphatic rings. The Morgan fingerprint density at radius 1 is 0.966 bits per heavy atom. The summed E-state index contributed by atoms with van der Waals surface area (Å²) in [5.41, 5.74) is 5.27. The molecule has 0 saturated carbocycles. The quantitative estimate of drug-likeness (QED) is 0.403. The second-order valence-electron chi connectivity index (χ2n) is 7.26. The van der Waals surface area contributed by atoms with E-state index in [0.29, 0.717) is 17.0 Å².